The molecule has 1 heterocycles. The lowest BCUT2D eigenvalue weighted by molar-refractivity contribution is -0.118. The number of hydrogen-bond donors (Lipinski definition) is 5. The van der Waals surface area contributed by atoms with Crippen molar-refractivity contribution in [2.75, 3.05) is 18.0 Å². The van der Waals surface area contributed by atoms with E-state index in [-0.39, 0.29) is 29.2 Å². The molecule has 190 valence electrons. The molecule has 3 rings (SSSR count). The van der Waals surface area contributed by atoms with Crippen LogP contribution in [0.25, 0.3) is 10.8 Å². The fourth-order valence-corrected chi connectivity index (χ4v) is 4.30. The summed E-state index contributed by atoms with van der Waals surface area (Å²) in [5.74, 6) is -0.678. The Balaban J connectivity index is 1.46. The van der Waals surface area contributed by atoms with Gasteiger partial charge in [0, 0.05) is 17.4 Å². The second kappa shape index (κ2) is 13.0. The first-order valence-corrected chi connectivity index (χ1v) is 13.2. The van der Waals surface area contributed by atoms with Crippen molar-refractivity contribution in [3.8, 4) is 0 Å². The van der Waals surface area contributed by atoms with Crippen molar-refractivity contribution in [1.29, 1.82) is 0 Å². The van der Waals surface area contributed by atoms with Gasteiger partial charge in [-0.15, -0.1) is 0 Å². The van der Waals surface area contributed by atoms with Crippen molar-refractivity contribution in [1.82, 2.24) is 15.3 Å². The smallest absolute Gasteiger partial charge is 0.280 e. The number of nitrogen functional groups attached to an aromatic ring is 2. The van der Waals surface area contributed by atoms with E-state index in [0.29, 0.717) is 23.1 Å². The highest BCUT2D eigenvalue weighted by atomic mass is 127. The number of unbranched alkanes of at least 4 members (excludes halogenated alkanes) is 1. The number of carbonyl (C=O) groups excluding carboxylic acids is 2. The molecule has 9 N–H and O–H groups in total. The van der Waals surface area contributed by atoms with Gasteiger partial charge in [0.15, 0.2) is 17.5 Å². The highest BCUT2D eigenvalue weighted by Crippen LogP contribution is 2.20. The van der Waals surface area contributed by atoms with Crippen LogP contribution in [0.1, 0.15) is 53.0 Å². The van der Waals surface area contributed by atoms with Crippen molar-refractivity contribution in [3.63, 3.8) is 0 Å². The number of amides is 2. The maximum absolute atomic E-state index is 12.4. The minimum Gasteiger partial charge on any atom is -0.382 e. The van der Waals surface area contributed by atoms with Gasteiger partial charge in [-0.05, 0) is 54.0 Å². The van der Waals surface area contributed by atoms with Crippen molar-refractivity contribution in [2.45, 2.75) is 43.0 Å². The molecule has 2 amide bonds. The number of carbonyl (C=O) groups is 2. The molecule has 11 heteroatoms. The third-order valence-electron chi connectivity index (χ3n) is 5.62. The second-order valence-electron chi connectivity index (χ2n) is 8.44. The number of anilines is 2. The Morgan fingerprint density at radius 1 is 0.889 bits per heavy atom. The number of aromatic nitrogens is 2. The molecule has 1 aromatic heterocycles. The molecule has 0 bridgehead atoms. The molecule has 0 spiro atoms. The van der Waals surface area contributed by atoms with Gasteiger partial charge in [-0.25, -0.2) is 9.97 Å². The number of fused-ring (bicyclic) bond motifs is 1. The van der Waals surface area contributed by atoms with Gasteiger partial charge in [-0.2, -0.15) is 0 Å². The largest absolute Gasteiger partial charge is 0.382 e. The van der Waals surface area contributed by atoms with Crippen molar-refractivity contribution >= 4 is 62.8 Å². The average molecular weight is 602 g/mol. The summed E-state index contributed by atoms with van der Waals surface area (Å²) in [5.41, 5.74) is 25.5. The van der Waals surface area contributed by atoms with Crippen LogP contribution in [-0.4, -0.2) is 34.3 Å². The van der Waals surface area contributed by atoms with Crippen LogP contribution in [0.3, 0.4) is 0 Å². The number of nitrogens with two attached hydrogens (primary N) is 4. The molecule has 0 fully saturated rings. The molecule has 0 aliphatic rings. The fraction of sp³-hybridized carbons (Fsp3) is 0.320. The SMILES string of the molecule is NC(=O)CCCc1ccc2cc(CCCCN=C(N)NC(=O)c3nc(CI)c(N)nc3N)ccc2c1. The first-order valence-electron chi connectivity index (χ1n) is 11.7. The third kappa shape index (κ3) is 7.77. The van der Waals surface area contributed by atoms with Crippen LogP contribution < -0.4 is 28.3 Å². The number of hydrogen-bond acceptors (Lipinski definition) is 7. The van der Waals surface area contributed by atoms with E-state index in [4.69, 9.17) is 22.9 Å². The molecule has 0 aliphatic carbocycles. The van der Waals surface area contributed by atoms with E-state index >= 15 is 0 Å². The first kappa shape index (κ1) is 27.1. The lowest BCUT2D eigenvalue weighted by Gasteiger charge is -2.09. The van der Waals surface area contributed by atoms with Crippen LogP contribution in [0.5, 0.6) is 0 Å². The minimum absolute atomic E-state index is 0.00591. The van der Waals surface area contributed by atoms with Crippen LogP contribution >= 0.6 is 22.6 Å². The van der Waals surface area contributed by atoms with E-state index in [9.17, 15) is 9.59 Å². The van der Waals surface area contributed by atoms with Gasteiger partial charge in [0.25, 0.3) is 5.91 Å². The fourth-order valence-electron chi connectivity index (χ4n) is 3.74. The standard InChI is InChI=1S/C25H31IN8O2/c26-14-19-22(28)33-23(29)21(32-19)24(36)34-25(30)31-11-2-1-4-15-7-9-18-13-16(5-3-6-20(27)35)8-10-17(18)12-15/h7-10,12-13H,1-6,11,14H2,(H2,27,35)(H4,28,29,33)(H3,30,31,34,36). The second-order valence-corrected chi connectivity index (χ2v) is 9.20. The molecule has 10 nitrogen and oxygen atoms in total. The summed E-state index contributed by atoms with van der Waals surface area (Å²) in [6.45, 7) is 0.482. The molecular formula is C25H31IN8O2. The van der Waals surface area contributed by atoms with Crippen LogP contribution in [0, 0.1) is 0 Å². The Bertz CT molecular complexity index is 1280. The van der Waals surface area contributed by atoms with Crippen molar-refractivity contribution < 1.29 is 9.59 Å². The van der Waals surface area contributed by atoms with E-state index in [1.807, 2.05) is 0 Å². The summed E-state index contributed by atoms with van der Waals surface area (Å²) in [5, 5.41) is 4.87. The van der Waals surface area contributed by atoms with Gasteiger partial charge in [-0.1, -0.05) is 59.0 Å². The van der Waals surface area contributed by atoms with Gasteiger partial charge >= 0.3 is 0 Å². The quantitative estimate of drug-likeness (QED) is 0.0733. The van der Waals surface area contributed by atoms with E-state index in [2.05, 4.69) is 79.3 Å². The Labute approximate surface area is 223 Å². The van der Waals surface area contributed by atoms with Gasteiger partial charge in [0.2, 0.25) is 5.91 Å². The highest BCUT2D eigenvalue weighted by molar-refractivity contribution is 14.1. The number of aryl methyl sites for hydroxylation is 2. The Morgan fingerprint density at radius 3 is 2.14 bits per heavy atom. The first-order chi connectivity index (χ1) is 17.3. The molecule has 0 atom stereocenters. The topological polar surface area (TPSA) is 188 Å². The maximum Gasteiger partial charge on any atom is 0.280 e. The zero-order valence-electron chi connectivity index (χ0n) is 20.0. The Kier molecular flexibility index (Phi) is 9.79. The van der Waals surface area contributed by atoms with Gasteiger partial charge in [0.05, 0.1) is 5.69 Å². The normalized spacial score (nSPS) is 11.5. The number of guanidine groups is 1. The third-order valence-corrected chi connectivity index (χ3v) is 6.35. The Hall–Kier alpha value is -3.48. The molecule has 0 aliphatic heterocycles. The number of nitrogens with one attached hydrogen (secondary N) is 1. The number of aliphatic imine (C=N–C) groups is 1. The molecule has 3 aromatic rings. The van der Waals surface area contributed by atoms with E-state index in [1.54, 1.807) is 0 Å². The predicted octanol–water partition coefficient (Wildman–Crippen LogP) is 2.60. The lowest BCUT2D eigenvalue weighted by atomic mass is 9.99. The summed E-state index contributed by atoms with van der Waals surface area (Å²) in [6.07, 6.45) is 4.66. The zero-order valence-corrected chi connectivity index (χ0v) is 22.1. The van der Waals surface area contributed by atoms with E-state index in [0.717, 1.165) is 32.1 Å². The monoisotopic (exact) mass is 602 g/mol. The molecule has 0 radical (unpaired) electrons. The van der Waals surface area contributed by atoms with Gasteiger partial charge < -0.3 is 22.9 Å². The van der Waals surface area contributed by atoms with Crippen LogP contribution in [0.2, 0.25) is 0 Å². The number of alkyl halides is 1. The van der Waals surface area contributed by atoms with Gasteiger partial charge in [-0.3, -0.25) is 19.9 Å². The summed E-state index contributed by atoms with van der Waals surface area (Å²) in [7, 11) is 0. The Morgan fingerprint density at radius 2 is 1.53 bits per heavy atom. The maximum atomic E-state index is 12.4. The number of nitrogens with zero attached hydrogens (tertiary/aromatic N) is 3. The summed E-state index contributed by atoms with van der Waals surface area (Å²) < 4.78 is 0.497. The predicted molar refractivity (Wildman–Crippen MR) is 152 cm³/mol. The molecule has 36 heavy (non-hydrogen) atoms. The number of benzene rings is 2. The molecular weight excluding hydrogens is 571 g/mol. The van der Waals surface area contributed by atoms with Crippen LogP contribution in [-0.2, 0) is 22.1 Å². The van der Waals surface area contributed by atoms with E-state index in [1.165, 1.54) is 21.9 Å². The van der Waals surface area contributed by atoms with Crippen molar-refractivity contribution in [2.24, 2.45) is 16.5 Å². The van der Waals surface area contributed by atoms with Crippen LogP contribution in [0.15, 0.2) is 41.4 Å². The summed E-state index contributed by atoms with van der Waals surface area (Å²) in [6, 6.07) is 12.8. The minimum atomic E-state index is -0.570. The lowest BCUT2D eigenvalue weighted by Crippen LogP contribution is -2.38. The molecule has 0 unspecified atom stereocenters. The average Bonchev–Trinajstić information content (AvgIpc) is 2.83. The number of halogens is 1. The molecule has 0 saturated heterocycles. The van der Waals surface area contributed by atoms with Crippen molar-refractivity contribution in [3.05, 3.63) is 58.9 Å². The number of primary amides is 1. The van der Waals surface area contributed by atoms with Gasteiger partial charge in [0.1, 0.15) is 5.82 Å². The van der Waals surface area contributed by atoms with Crippen LogP contribution in [0.4, 0.5) is 11.6 Å². The highest BCUT2D eigenvalue weighted by Gasteiger charge is 2.17. The molecule has 2 aromatic carbocycles. The number of rotatable bonds is 11. The summed E-state index contributed by atoms with van der Waals surface area (Å²) in [4.78, 5) is 35.7. The zero-order chi connectivity index (χ0) is 26.1. The van der Waals surface area contributed by atoms with E-state index < -0.39 is 5.91 Å². The summed E-state index contributed by atoms with van der Waals surface area (Å²) >= 11 is 2.08. The molecule has 0 saturated carbocycles.